The van der Waals surface area contributed by atoms with Gasteiger partial charge in [-0.05, 0) is 43.7 Å². The van der Waals surface area contributed by atoms with Gasteiger partial charge in [0.2, 0.25) is 0 Å². The largest absolute Gasteiger partial charge is 0.313 e. The van der Waals surface area contributed by atoms with Crippen LogP contribution in [0.2, 0.25) is 0 Å². The molecule has 1 aromatic rings. The lowest BCUT2D eigenvalue weighted by molar-refractivity contribution is 0.352. The molecule has 1 saturated carbocycles. The summed E-state index contributed by atoms with van der Waals surface area (Å²) in [6.45, 7) is 7.38. The molecular formula is C18H29NOS. The highest BCUT2D eigenvalue weighted by atomic mass is 32.2. The van der Waals surface area contributed by atoms with Crippen molar-refractivity contribution in [1.82, 2.24) is 5.32 Å². The smallest absolute Gasteiger partial charge is 0.0509 e. The predicted molar refractivity (Wildman–Crippen MR) is 92.2 cm³/mol. The third kappa shape index (κ3) is 4.17. The minimum Gasteiger partial charge on any atom is -0.313 e. The molecule has 0 aliphatic heterocycles. The van der Waals surface area contributed by atoms with Crippen LogP contribution in [0.1, 0.15) is 57.9 Å². The molecule has 5 atom stereocenters. The third-order valence-electron chi connectivity index (χ3n) is 4.80. The van der Waals surface area contributed by atoms with Crippen molar-refractivity contribution in [3.05, 3.63) is 35.9 Å². The Morgan fingerprint density at radius 1 is 1.24 bits per heavy atom. The van der Waals surface area contributed by atoms with Crippen molar-refractivity contribution < 1.29 is 4.21 Å². The molecule has 0 heterocycles. The second-order valence-electron chi connectivity index (χ2n) is 6.17. The van der Waals surface area contributed by atoms with Gasteiger partial charge < -0.3 is 5.32 Å². The molecule has 0 bridgehead atoms. The van der Waals surface area contributed by atoms with Gasteiger partial charge in [0.25, 0.3) is 0 Å². The highest BCUT2D eigenvalue weighted by Gasteiger charge is 2.35. The summed E-state index contributed by atoms with van der Waals surface area (Å²) in [7, 11) is -0.740. The van der Waals surface area contributed by atoms with Crippen LogP contribution in [0, 0.1) is 0 Å². The number of hydrogen-bond donors (Lipinski definition) is 1. The van der Waals surface area contributed by atoms with Crippen LogP contribution in [-0.2, 0) is 10.8 Å². The van der Waals surface area contributed by atoms with E-state index in [1.807, 2.05) is 0 Å². The van der Waals surface area contributed by atoms with Crippen molar-refractivity contribution in [1.29, 1.82) is 0 Å². The Hall–Kier alpha value is -0.670. The summed E-state index contributed by atoms with van der Waals surface area (Å²) in [6, 6.07) is 11.2. The number of nitrogens with one attached hydrogen (secondary N) is 1. The summed E-state index contributed by atoms with van der Waals surface area (Å²) in [5.41, 5.74) is 1.42. The van der Waals surface area contributed by atoms with E-state index in [9.17, 15) is 4.21 Å². The van der Waals surface area contributed by atoms with Crippen molar-refractivity contribution in [2.24, 2.45) is 0 Å². The summed E-state index contributed by atoms with van der Waals surface area (Å²) in [6.07, 6.45) is 4.40. The normalized spacial score (nSPS) is 29.0. The highest BCUT2D eigenvalue weighted by molar-refractivity contribution is 7.86. The minimum atomic E-state index is -0.740. The molecule has 21 heavy (non-hydrogen) atoms. The third-order valence-corrected chi connectivity index (χ3v) is 7.04. The summed E-state index contributed by atoms with van der Waals surface area (Å²) in [5, 5.41) is 4.16. The molecule has 0 amide bonds. The average Bonchev–Trinajstić information content (AvgIpc) is 2.55. The predicted octanol–water partition coefficient (Wildman–Crippen LogP) is 3.85. The van der Waals surface area contributed by atoms with E-state index in [4.69, 9.17) is 0 Å². The zero-order chi connectivity index (χ0) is 15.2. The van der Waals surface area contributed by atoms with E-state index in [1.165, 1.54) is 12.0 Å². The first kappa shape index (κ1) is 16.7. The molecule has 1 aromatic carbocycles. The SMILES string of the molecule is CCNC1CCC(c2ccccc2)CC1S(=O)C(C)CC. The minimum absolute atomic E-state index is 0.291. The van der Waals surface area contributed by atoms with Crippen LogP contribution in [-0.4, -0.2) is 27.3 Å². The average molecular weight is 308 g/mol. The number of hydrogen-bond acceptors (Lipinski definition) is 2. The second-order valence-corrected chi connectivity index (χ2v) is 8.24. The topological polar surface area (TPSA) is 29.1 Å². The van der Waals surface area contributed by atoms with E-state index >= 15 is 0 Å². The fourth-order valence-electron chi connectivity index (χ4n) is 3.37. The quantitative estimate of drug-likeness (QED) is 0.865. The molecule has 2 nitrogen and oxygen atoms in total. The lowest BCUT2D eigenvalue weighted by Crippen LogP contribution is -2.47. The van der Waals surface area contributed by atoms with Crippen LogP contribution in [0.4, 0.5) is 0 Å². The van der Waals surface area contributed by atoms with Crippen LogP contribution in [0.3, 0.4) is 0 Å². The van der Waals surface area contributed by atoms with Gasteiger partial charge in [0.05, 0.1) is 5.25 Å². The van der Waals surface area contributed by atoms with Gasteiger partial charge in [0, 0.05) is 22.1 Å². The van der Waals surface area contributed by atoms with E-state index < -0.39 is 10.8 Å². The highest BCUT2D eigenvalue weighted by Crippen LogP contribution is 2.36. The van der Waals surface area contributed by atoms with Gasteiger partial charge >= 0.3 is 0 Å². The second kappa shape index (κ2) is 8.09. The fraction of sp³-hybridized carbons (Fsp3) is 0.667. The van der Waals surface area contributed by atoms with Gasteiger partial charge in [0.15, 0.2) is 0 Å². The van der Waals surface area contributed by atoms with Crippen molar-refractivity contribution in [3.8, 4) is 0 Å². The Morgan fingerprint density at radius 2 is 1.95 bits per heavy atom. The summed E-state index contributed by atoms with van der Waals surface area (Å²) in [5.74, 6) is 0.569. The molecule has 0 radical (unpaired) electrons. The standard InChI is InChI=1S/C18H29NOS/c1-4-14(3)21(20)18-13-16(11-12-17(18)19-5-2)15-9-7-6-8-10-15/h6-10,14,16-19H,4-5,11-13H2,1-3H3. The molecule has 2 rings (SSSR count). The summed E-state index contributed by atoms with van der Waals surface area (Å²) < 4.78 is 12.9. The molecule has 1 fully saturated rings. The molecule has 5 unspecified atom stereocenters. The molecular weight excluding hydrogens is 278 g/mol. The molecule has 3 heteroatoms. The first-order valence-electron chi connectivity index (χ1n) is 8.35. The van der Waals surface area contributed by atoms with Gasteiger partial charge in [-0.2, -0.15) is 0 Å². The summed E-state index contributed by atoms with van der Waals surface area (Å²) >= 11 is 0. The van der Waals surface area contributed by atoms with Crippen molar-refractivity contribution in [2.45, 2.75) is 68.9 Å². The van der Waals surface area contributed by atoms with Crippen molar-refractivity contribution >= 4 is 10.8 Å². The van der Waals surface area contributed by atoms with Crippen molar-refractivity contribution in [3.63, 3.8) is 0 Å². The van der Waals surface area contributed by atoms with Crippen molar-refractivity contribution in [2.75, 3.05) is 6.54 Å². The molecule has 1 aliphatic carbocycles. The van der Waals surface area contributed by atoms with E-state index in [2.05, 4.69) is 56.4 Å². The number of rotatable bonds is 6. The molecule has 0 spiro atoms. The van der Waals surface area contributed by atoms with E-state index in [0.717, 1.165) is 25.8 Å². The lowest BCUT2D eigenvalue weighted by Gasteiger charge is -2.37. The van der Waals surface area contributed by atoms with Gasteiger partial charge in [-0.15, -0.1) is 0 Å². The van der Waals surface area contributed by atoms with Gasteiger partial charge in [-0.3, -0.25) is 4.21 Å². The van der Waals surface area contributed by atoms with Crippen LogP contribution in [0.5, 0.6) is 0 Å². The maximum Gasteiger partial charge on any atom is 0.0509 e. The zero-order valence-electron chi connectivity index (χ0n) is 13.5. The Kier molecular flexibility index (Phi) is 6.43. The number of benzene rings is 1. The zero-order valence-corrected chi connectivity index (χ0v) is 14.4. The van der Waals surface area contributed by atoms with Gasteiger partial charge in [0.1, 0.15) is 0 Å². The molecule has 1 N–H and O–H groups in total. The Bertz CT molecular complexity index is 448. The Balaban J connectivity index is 2.13. The molecule has 0 aromatic heterocycles. The fourth-order valence-corrected chi connectivity index (χ4v) is 5.28. The summed E-state index contributed by atoms with van der Waals surface area (Å²) in [4.78, 5) is 0. The maximum absolute atomic E-state index is 12.9. The van der Waals surface area contributed by atoms with Gasteiger partial charge in [-0.25, -0.2) is 0 Å². The van der Waals surface area contributed by atoms with Crippen LogP contribution in [0.25, 0.3) is 0 Å². The lowest BCUT2D eigenvalue weighted by atomic mass is 9.81. The molecule has 1 aliphatic rings. The van der Waals surface area contributed by atoms with E-state index in [-0.39, 0.29) is 0 Å². The molecule has 118 valence electrons. The van der Waals surface area contributed by atoms with Crippen LogP contribution < -0.4 is 5.32 Å². The first-order chi connectivity index (χ1) is 10.2. The van der Waals surface area contributed by atoms with E-state index in [1.54, 1.807) is 0 Å². The van der Waals surface area contributed by atoms with E-state index in [0.29, 0.717) is 22.5 Å². The Labute approximate surface area is 132 Å². The monoisotopic (exact) mass is 307 g/mol. The first-order valence-corrected chi connectivity index (χ1v) is 9.62. The van der Waals surface area contributed by atoms with Gasteiger partial charge in [-0.1, -0.05) is 51.1 Å². The maximum atomic E-state index is 12.9. The Morgan fingerprint density at radius 3 is 2.57 bits per heavy atom. The van der Waals surface area contributed by atoms with Crippen LogP contribution >= 0.6 is 0 Å². The molecule has 0 saturated heterocycles. The van der Waals surface area contributed by atoms with Crippen LogP contribution in [0.15, 0.2) is 30.3 Å².